The van der Waals surface area contributed by atoms with Crippen molar-refractivity contribution in [3.05, 3.63) is 23.7 Å². The van der Waals surface area contributed by atoms with E-state index < -0.39 is 13.0 Å². The number of furan rings is 1. The van der Waals surface area contributed by atoms with E-state index in [4.69, 9.17) is 14.9 Å². The van der Waals surface area contributed by atoms with Crippen LogP contribution in [0.4, 0.5) is 8.78 Å². The van der Waals surface area contributed by atoms with Crippen LogP contribution in [0.25, 0.3) is 0 Å². The Hall–Kier alpha value is -0.940. The van der Waals surface area contributed by atoms with Crippen molar-refractivity contribution in [2.45, 2.75) is 32.2 Å². The van der Waals surface area contributed by atoms with Crippen molar-refractivity contribution in [3.63, 3.8) is 0 Å². The maximum atomic E-state index is 11.8. The van der Waals surface area contributed by atoms with Crippen LogP contribution in [0.2, 0.25) is 0 Å². The Bertz CT molecular complexity index is 302. The van der Waals surface area contributed by atoms with Gasteiger partial charge in [-0.25, -0.2) is 8.78 Å². The summed E-state index contributed by atoms with van der Waals surface area (Å²) >= 11 is 0. The second kappa shape index (κ2) is 6.60. The van der Waals surface area contributed by atoms with Gasteiger partial charge in [0.05, 0.1) is 6.04 Å². The number of rotatable bonds is 7. The molecule has 0 aliphatic rings. The van der Waals surface area contributed by atoms with Crippen LogP contribution in [0, 0.1) is 0 Å². The molecule has 0 radical (unpaired) electrons. The summed E-state index contributed by atoms with van der Waals surface area (Å²) in [5.41, 5.74) is 5.82. The van der Waals surface area contributed by atoms with E-state index in [1.807, 2.05) is 19.1 Å². The summed E-state index contributed by atoms with van der Waals surface area (Å²) in [5.74, 6) is 1.55. The van der Waals surface area contributed by atoms with Crippen LogP contribution in [-0.2, 0) is 11.2 Å². The summed E-state index contributed by atoms with van der Waals surface area (Å²) in [5, 5.41) is 0. The zero-order chi connectivity index (χ0) is 12.0. The Balaban J connectivity index is 2.26. The van der Waals surface area contributed by atoms with Gasteiger partial charge in [0.25, 0.3) is 6.43 Å². The van der Waals surface area contributed by atoms with Crippen molar-refractivity contribution < 1.29 is 17.9 Å². The Labute approximate surface area is 93.6 Å². The van der Waals surface area contributed by atoms with E-state index in [-0.39, 0.29) is 12.6 Å². The summed E-state index contributed by atoms with van der Waals surface area (Å²) < 4.78 is 33.7. The predicted molar refractivity (Wildman–Crippen MR) is 56.5 cm³/mol. The molecule has 0 aromatic carbocycles. The van der Waals surface area contributed by atoms with Crippen LogP contribution in [0.5, 0.6) is 0 Å². The average Bonchev–Trinajstić information content (AvgIpc) is 2.72. The zero-order valence-electron chi connectivity index (χ0n) is 9.29. The molecule has 1 aromatic heterocycles. The van der Waals surface area contributed by atoms with Gasteiger partial charge in [0.2, 0.25) is 0 Å². The van der Waals surface area contributed by atoms with Gasteiger partial charge >= 0.3 is 0 Å². The first-order valence-electron chi connectivity index (χ1n) is 5.33. The molecule has 1 aromatic rings. The van der Waals surface area contributed by atoms with Gasteiger partial charge in [-0.1, -0.05) is 6.92 Å². The molecule has 16 heavy (non-hydrogen) atoms. The van der Waals surface area contributed by atoms with Crippen molar-refractivity contribution in [1.29, 1.82) is 0 Å². The van der Waals surface area contributed by atoms with Crippen LogP contribution in [0.1, 0.15) is 30.9 Å². The van der Waals surface area contributed by atoms with Crippen LogP contribution in [-0.4, -0.2) is 19.6 Å². The molecule has 1 unspecified atom stereocenters. The quantitative estimate of drug-likeness (QED) is 0.736. The minimum Gasteiger partial charge on any atom is -0.464 e. The lowest BCUT2D eigenvalue weighted by Gasteiger charge is -2.09. The Kier molecular flexibility index (Phi) is 5.42. The van der Waals surface area contributed by atoms with Gasteiger partial charge in [0.1, 0.15) is 18.1 Å². The first-order chi connectivity index (χ1) is 7.63. The zero-order valence-corrected chi connectivity index (χ0v) is 9.29. The minimum atomic E-state index is -2.42. The van der Waals surface area contributed by atoms with Gasteiger partial charge in [-0.05, 0) is 18.6 Å². The highest BCUT2D eigenvalue weighted by molar-refractivity contribution is 5.10. The molecule has 0 amide bonds. The maximum Gasteiger partial charge on any atom is 0.261 e. The Morgan fingerprint density at radius 3 is 2.75 bits per heavy atom. The standard InChI is InChI=1S/C11H17F2NO2/c1-2-8-3-4-10(16-8)9(14)5-6-15-7-11(12)13/h3-4,9,11H,2,5-7,14H2,1H3. The molecule has 5 heteroatoms. The SMILES string of the molecule is CCc1ccc(C(N)CCOCC(F)F)o1. The van der Waals surface area contributed by atoms with Crippen molar-refractivity contribution >= 4 is 0 Å². The lowest BCUT2D eigenvalue weighted by atomic mass is 10.2. The number of alkyl halides is 2. The third kappa shape index (κ3) is 4.28. The van der Waals surface area contributed by atoms with Gasteiger partial charge in [0.15, 0.2) is 0 Å². The number of aryl methyl sites for hydroxylation is 1. The van der Waals surface area contributed by atoms with E-state index in [2.05, 4.69) is 0 Å². The second-order valence-corrected chi connectivity index (χ2v) is 3.52. The normalized spacial score (nSPS) is 13.3. The monoisotopic (exact) mass is 233 g/mol. The van der Waals surface area contributed by atoms with Crippen LogP contribution in [0.15, 0.2) is 16.5 Å². The first-order valence-corrected chi connectivity index (χ1v) is 5.33. The minimum absolute atomic E-state index is 0.216. The van der Waals surface area contributed by atoms with Gasteiger partial charge in [-0.15, -0.1) is 0 Å². The molecule has 0 saturated heterocycles. The summed E-state index contributed by atoms with van der Waals surface area (Å²) in [4.78, 5) is 0. The molecule has 1 rings (SSSR count). The molecule has 0 spiro atoms. The van der Waals surface area contributed by atoms with E-state index in [0.29, 0.717) is 12.2 Å². The molecule has 0 aliphatic heterocycles. The average molecular weight is 233 g/mol. The molecule has 1 heterocycles. The molecule has 92 valence electrons. The van der Waals surface area contributed by atoms with Gasteiger partial charge in [-0.2, -0.15) is 0 Å². The highest BCUT2D eigenvalue weighted by Crippen LogP contribution is 2.17. The molecule has 3 nitrogen and oxygen atoms in total. The van der Waals surface area contributed by atoms with Crippen molar-refractivity contribution in [2.75, 3.05) is 13.2 Å². The van der Waals surface area contributed by atoms with Gasteiger partial charge in [0, 0.05) is 13.0 Å². The Morgan fingerprint density at radius 1 is 1.44 bits per heavy atom. The third-order valence-electron chi connectivity index (χ3n) is 2.21. The van der Waals surface area contributed by atoms with E-state index in [9.17, 15) is 8.78 Å². The summed E-state index contributed by atoms with van der Waals surface area (Å²) in [6.45, 7) is 1.67. The van der Waals surface area contributed by atoms with Gasteiger partial charge < -0.3 is 14.9 Å². The number of halogens is 2. The van der Waals surface area contributed by atoms with Crippen LogP contribution in [0.3, 0.4) is 0 Å². The number of hydrogen-bond donors (Lipinski definition) is 1. The van der Waals surface area contributed by atoms with Crippen molar-refractivity contribution in [2.24, 2.45) is 5.73 Å². The fourth-order valence-electron chi connectivity index (χ4n) is 1.31. The van der Waals surface area contributed by atoms with Crippen LogP contribution >= 0.6 is 0 Å². The first kappa shape index (κ1) is 13.1. The van der Waals surface area contributed by atoms with Crippen molar-refractivity contribution in [3.8, 4) is 0 Å². The fraction of sp³-hybridized carbons (Fsp3) is 0.636. The summed E-state index contributed by atoms with van der Waals surface area (Å²) in [6, 6.07) is 3.39. The lowest BCUT2D eigenvalue weighted by molar-refractivity contribution is 0.0148. The van der Waals surface area contributed by atoms with E-state index in [1.54, 1.807) is 0 Å². The second-order valence-electron chi connectivity index (χ2n) is 3.52. The van der Waals surface area contributed by atoms with E-state index >= 15 is 0 Å². The predicted octanol–water partition coefficient (Wildman–Crippen LogP) is 2.51. The highest BCUT2D eigenvalue weighted by atomic mass is 19.3. The molecule has 2 N–H and O–H groups in total. The maximum absolute atomic E-state index is 11.8. The molecule has 1 atom stereocenters. The fourth-order valence-corrected chi connectivity index (χ4v) is 1.31. The van der Waals surface area contributed by atoms with E-state index in [1.165, 1.54) is 0 Å². The molecule has 0 fully saturated rings. The van der Waals surface area contributed by atoms with Crippen molar-refractivity contribution in [1.82, 2.24) is 0 Å². The smallest absolute Gasteiger partial charge is 0.261 e. The lowest BCUT2D eigenvalue weighted by Crippen LogP contribution is -2.14. The molecular weight excluding hydrogens is 216 g/mol. The number of hydrogen-bond acceptors (Lipinski definition) is 3. The third-order valence-corrected chi connectivity index (χ3v) is 2.21. The van der Waals surface area contributed by atoms with E-state index in [0.717, 1.165) is 12.2 Å². The largest absolute Gasteiger partial charge is 0.464 e. The molecular formula is C11H17F2NO2. The Morgan fingerprint density at radius 2 is 2.19 bits per heavy atom. The number of nitrogens with two attached hydrogens (primary N) is 1. The topological polar surface area (TPSA) is 48.4 Å². The number of ether oxygens (including phenoxy) is 1. The summed E-state index contributed by atoms with van der Waals surface area (Å²) in [6.07, 6.45) is -1.13. The molecule has 0 bridgehead atoms. The molecule has 0 saturated carbocycles. The van der Waals surface area contributed by atoms with Crippen LogP contribution < -0.4 is 5.73 Å². The summed E-state index contributed by atoms with van der Waals surface area (Å²) in [7, 11) is 0. The highest BCUT2D eigenvalue weighted by Gasteiger charge is 2.11. The molecule has 0 aliphatic carbocycles. The van der Waals surface area contributed by atoms with Gasteiger partial charge in [-0.3, -0.25) is 0 Å².